The highest BCUT2D eigenvalue weighted by atomic mass is 16.4. The molecule has 0 aromatic rings. The maximum atomic E-state index is 12.0. The zero-order valence-corrected chi connectivity index (χ0v) is 11.0. The van der Waals surface area contributed by atoms with Crippen molar-refractivity contribution < 1.29 is 14.7 Å². The number of hydrogen-bond donors (Lipinski definition) is 2. The number of carbonyl (C=O) groups is 2. The van der Waals surface area contributed by atoms with Crippen LogP contribution >= 0.6 is 0 Å². The summed E-state index contributed by atoms with van der Waals surface area (Å²) < 4.78 is 0. The predicted octanol–water partition coefficient (Wildman–Crippen LogP) is 2.04. The van der Waals surface area contributed by atoms with Crippen LogP contribution in [0.1, 0.15) is 45.4 Å². The number of aliphatic carboxylic acids is 1. The first-order valence-corrected chi connectivity index (χ1v) is 7.08. The van der Waals surface area contributed by atoms with Crippen LogP contribution < -0.4 is 5.32 Å². The summed E-state index contributed by atoms with van der Waals surface area (Å²) in [6, 6.07) is 0. The van der Waals surface area contributed by atoms with E-state index in [-0.39, 0.29) is 11.8 Å². The molecular formula is C14H23NO3. The van der Waals surface area contributed by atoms with E-state index in [4.69, 9.17) is 5.11 Å². The average Bonchev–Trinajstić information content (AvgIpc) is 2.64. The molecule has 0 bridgehead atoms. The molecule has 18 heavy (non-hydrogen) atoms. The quantitative estimate of drug-likeness (QED) is 0.788. The van der Waals surface area contributed by atoms with Crippen molar-refractivity contribution in [2.45, 2.75) is 45.4 Å². The third-order valence-corrected chi connectivity index (χ3v) is 4.53. The van der Waals surface area contributed by atoms with Crippen molar-refractivity contribution in [2.24, 2.45) is 23.7 Å². The topological polar surface area (TPSA) is 66.4 Å². The normalized spacial score (nSPS) is 31.9. The number of amides is 1. The van der Waals surface area contributed by atoms with Crippen molar-refractivity contribution in [3.05, 3.63) is 0 Å². The Balaban J connectivity index is 1.77. The fourth-order valence-electron chi connectivity index (χ4n) is 3.17. The Bertz CT molecular complexity index is 325. The second-order valence-corrected chi connectivity index (χ2v) is 6.00. The van der Waals surface area contributed by atoms with Crippen LogP contribution in [-0.2, 0) is 9.59 Å². The van der Waals surface area contributed by atoms with E-state index >= 15 is 0 Å². The summed E-state index contributed by atoms with van der Waals surface area (Å²) >= 11 is 0. The van der Waals surface area contributed by atoms with Crippen molar-refractivity contribution in [1.82, 2.24) is 5.32 Å². The van der Waals surface area contributed by atoms with Crippen LogP contribution in [0.2, 0.25) is 0 Å². The highest BCUT2D eigenvalue weighted by Crippen LogP contribution is 2.36. The van der Waals surface area contributed by atoms with E-state index in [0.29, 0.717) is 25.3 Å². The average molecular weight is 253 g/mol. The Hall–Kier alpha value is -1.06. The summed E-state index contributed by atoms with van der Waals surface area (Å²) in [5, 5.41) is 12.1. The fourth-order valence-corrected chi connectivity index (χ4v) is 3.17. The molecule has 2 aliphatic carbocycles. The third kappa shape index (κ3) is 3.03. The maximum absolute atomic E-state index is 12.0. The molecule has 0 spiro atoms. The zero-order chi connectivity index (χ0) is 13.1. The highest BCUT2D eigenvalue weighted by Gasteiger charge is 2.41. The molecule has 2 N–H and O–H groups in total. The summed E-state index contributed by atoms with van der Waals surface area (Å²) in [6.07, 6.45) is 6.29. The second kappa shape index (κ2) is 5.72. The van der Waals surface area contributed by atoms with Gasteiger partial charge in [-0.1, -0.05) is 26.2 Å². The van der Waals surface area contributed by atoms with Crippen LogP contribution in [0.25, 0.3) is 0 Å². The van der Waals surface area contributed by atoms with Crippen LogP contribution in [-0.4, -0.2) is 23.5 Å². The van der Waals surface area contributed by atoms with Crippen molar-refractivity contribution in [3.8, 4) is 0 Å². The Morgan fingerprint density at radius 1 is 1.22 bits per heavy atom. The lowest BCUT2D eigenvalue weighted by molar-refractivity contribution is -0.146. The zero-order valence-electron chi connectivity index (χ0n) is 11.0. The summed E-state index contributed by atoms with van der Waals surface area (Å²) in [6.45, 7) is 2.73. The lowest BCUT2D eigenvalue weighted by atomic mass is 9.83. The first-order valence-electron chi connectivity index (χ1n) is 7.08. The molecule has 0 aliphatic heterocycles. The maximum Gasteiger partial charge on any atom is 0.307 e. The standard InChI is InChI=1S/C14H23NO3/c1-9-7-11(12(8-9)14(17)18)13(16)15-6-5-10-3-2-4-10/h9-12H,2-8H2,1H3,(H,15,16)(H,17,18). The molecule has 2 aliphatic rings. The van der Waals surface area contributed by atoms with Crippen LogP contribution in [0.15, 0.2) is 0 Å². The largest absolute Gasteiger partial charge is 0.481 e. The van der Waals surface area contributed by atoms with Crippen LogP contribution in [0.4, 0.5) is 0 Å². The third-order valence-electron chi connectivity index (χ3n) is 4.53. The van der Waals surface area contributed by atoms with E-state index in [9.17, 15) is 9.59 Å². The van der Waals surface area contributed by atoms with Gasteiger partial charge >= 0.3 is 5.97 Å². The highest BCUT2D eigenvalue weighted by molar-refractivity contribution is 5.85. The van der Waals surface area contributed by atoms with Gasteiger partial charge in [-0.2, -0.15) is 0 Å². The van der Waals surface area contributed by atoms with Gasteiger partial charge in [0.15, 0.2) is 0 Å². The minimum Gasteiger partial charge on any atom is -0.481 e. The Morgan fingerprint density at radius 2 is 1.89 bits per heavy atom. The Morgan fingerprint density at radius 3 is 2.44 bits per heavy atom. The monoisotopic (exact) mass is 253 g/mol. The van der Waals surface area contributed by atoms with Gasteiger partial charge in [0.05, 0.1) is 11.8 Å². The SMILES string of the molecule is CC1CC(C(=O)O)C(C(=O)NCCC2CCC2)C1. The number of carboxylic acid groups (broad SMARTS) is 1. The van der Waals surface area contributed by atoms with Gasteiger partial charge in [-0.05, 0) is 31.1 Å². The van der Waals surface area contributed by atoms with Gasteiger partial charge in [0.1, 0.15) is 0 Å². The first kappa shape index (κ1) is 13.4. The van der Waals surface area contributed by atoms with E-state index < -0.39 is 11.9 Å². The van der Waals surface area contributed by atoms with E-state index in [2.05, 4.69) is 5.32 Å². The van der Waals surface area contributed by atoms with Gasteiger partial charge in [-0.25, -0.2) is 0 Å². The van der Waals surface area contributed by atoms with Gasteiger partial charge < -0.3 is 10.4 Å². The molecule has 3 atom stereocenters. The molecule has 0 saturated heterocycles. The van der Waals surface area contributed by atoms with E-state index in [1.165, 1.54) is 19.3 Å². The minimum atomic E-state index is -0.821. The van der Waals surface area contributed by atoms with Gasteiger partial charge in [0.2, 0.25) is 5.91 Å². The van der Waals surface area contributed by atoms with Crippen LogP contribution in [0, 0.1) is 23.7 Å². The van der Waals surface area contributed by atoms with E-state index in [1.807, 2.05) is 6.92 Å². The van der Waals surface area contributed by atoms with Gasteiger partial charge in [0, 0.05) is 6.54 Å². The molecule has 3 unspecified atom stereocenters. The minimum absolute atomic E-state index is 0.0499. The number of carboxylic acids is 1. The summed E-state index contributed by atoms with van der Waals surface area (Å²) in [4.78, 5) is 23.1. The molecule has 4 nitrogen and oxygen atoms in total. The molecule has 0 heterocycles. The van der Waals surface area contributed by atoms with Gasteiger partial charge in [0.25, 0.3) is 0 Å². The van der Waals surface area contributed by atoms with E-state index in [1.54, 1.807) is 0 Å². The smallest absolute Gasteiger partial charge is 0.307 e. The molecule has 1 amide bonds. The van der Waals surface area contributed by atoms with Gasteiger partial charge in [-0.15, -0.1) is 0 Å². The molecule has 2 saturated carbocycles. The number of hydrogen-bond acceptors (Lipinski definition) is 2. The molecular weight excluding hydrogens is 230 g/mol. The fraction of sp³-hybridized carbons (Fsp3) is 0.857. The second-order valence-electron chi connectivity index (χ2n) is 6.00. The molecule has 0 aromatic carbocycles. The number of rotatable bonds is 5. The van der Waals surface area contributed by atoms with Gasteiger partial charge in [-0.3, -0.25) is 9.59 Å². The summed E-state index contributed by atoms with van der Waals surface area (Å²) in [5.74, 6) is -0.552. The summed E-state index contributed by atoms with van der Waals surface area (Å²) in [7, 11) is 0. The lowest BCUT2D eigenvalue weighted by Gasteiger charge is -2.25. The molecule has 2 fully saturated rings. The predicted molar refractivity (Wildman–Crippen MR) is 68.0 cm³/mol. The van der Waals surface area contributed by atoms with Crippen molar-refractivity contribution in [1.29, 1.82) is 0 Å². The van der Waals surface area contributed by atoms with Crippen molar-refractivity contribution in [2.75, 3.05) is 6.54 Å². The Labute approximate surface area is 108 Å². The summed E-state index contributed by atoms with van der Waals surface area (Å²) in [5.41, 5.74) is 0. The van der Waals surface area contributed by atoms with E-state index in [0.717, 1.165) is 12.3 Å². The van der Waals surface area contributed by atoms with Crippen molar-refractivity contribution >= 4 is 11.9 Å². The molecule has 4 heteroatoms. The molecule has 2 rings (SSSR count). The molecule has 0 aromatic heterocycles. The first-order chi connectivity index (χ1) is 8.58. The van der Waals surface area contributed by atoms with Crippen LogP contribution in [0.5, 0.6) is 0 Å². The molecule has 102 valence electrons. The van der Waals surface area contributed by atoms with Crippen molar-refractivity contribution in [3.63, 3.8) is 0 Å². The Kier molecular flexibility index (Phi) is 4.25. The lowest BCUT2D eigenvalue weighted by Crippen LogP contribution is -2.36. The van der Waals surface area contributed by atoms with Crippen LogP contribution in [0.3, 0.4) is 0 Å². The number of nitrogens with one attached hydrogen (secondary N) is 1. The number of carbonyl (C=O) groups excluding carboxylic acids is 1. The molecule has 0 radical (unpaired) electrons.